The van der Waals surface area contributed by atoms with Crippen molar-refractivity contribution < 1.29 is 0 Å². The monoisotopic (exact) mass is 421 g/mol. The van der Waals surface area contributed by atoms with E-state index in [1.165, 1.54) is 42.4 Å². The maximum atomic E-state index is 7.34. The van der Waals surface area contributed by atoms with E-state index in [4.69, 9.17) is 5.73 Å². The van der Waals surface area contributed by atoms with Crippen molar-refractivity contribution in [3.8, 4) is 0 Å². The molecule has 0 saturated carbocycles. The molecule has 0 amide bonds. The largest absolute Gasteiger partial charge is 0.324 e. The van der Waals surface area contributed by atoms with Gasteiger partial charge in [0.05, 0.1) is 0 Å². The van der Waals surface area contributed by atoms with Gasteiger partial charge in [0.15, 0.2) is 0 Å². The predicted octanol–water partition coefficient (Wildman–Crippen LogP) is 7.03. The number of hydrogen-bond donors (Lipinski definition) is 1. The van der Waals surface area contributed by atoms with Crippen LogP contribution in [0.25, 0.3) is 0 Å². The molecule has 0 saturated heterocycles. The molecule has 0 bridgehead atoms. The van der Waals surface area contributed by atoms with E-state index < -0.39 is 0 Å². The van der Waals surface area contributed by atoms with E-state index in [0.717, 1.165) is 19.3 Å². The molecule has 0 aliphatic carbocycles. The number of nitrogens with two attached hydrogens (primary N) is 1. The molecule has 0 aliphatic heterocycles. The lowest BCUT2D eigenvalue weighted by Gasteiger charge is -2.39. The lowest BCUT2D eigenvalue weighted by atomic mass is 9.71. The Bertz CT molecular complexity index is 776. The quantitative estimate of drug-likeness (QED) is 0.330. The molecule has 30 heavy (non-hydrogen) atoms. The maximum absolute atomic E-state index is 7.34. The van der Waals surface area contributed by atoms with Crippen LogP contribution in [0.4, 0.5) is 0 Å². The molecular weight excluding hydrogens is 386 g/mol. The molecule has 1 atom stereocenters. The van der Waals surface area contributed by atoms with Crippen LogP contribution < -0.4 is 5.73 Å². The average Bonchev–Trinajstić information content (AvgIpc) is 2.75. The van der Waals surface area contributed by atoms with E-state index in [9.17, 15) is 0 Å². The molecule has 0 spiro atoms. The second-order valence-corrected chi connectivity index (χ2v) is 8.44. The van der Waals surface area contributed by atoms with E-state index >= 15 is 0 Å². The minimum Gasteiger partial charge on any atom is -0.324 e. The standard InChI is InChI=1S/C28H35N.ClH/c1-2-3-7-20-27(21-24-14-8-4-9-15-24)28(29,22-25-16-10-5-11-17-25)23-26-18-12-6-13-19-26;/h4-6,8-19,27H,2-3,7,20-23,29H2,1H3;1H. The van der Waals surface area contributed by atoms with Gasteiger partial charge in [-0.05, 0) is 48.3 Å². The van der Waals surface area contributed by atoms with Crippen LogP contribution in [0.2, 0.25) is 0 Å². The van der Waals surface area contributed by atoms with E-state index in [2.05, 4.69) is 97.9 Å². The van der Waals surface area contributed by atoms with E-state index in [0.29, 0.717) is 5.92 Å². The van der Waals surface area contributed by atoms with Gasteiger partial charge in [0.2, 0.25) is 0 Å². The molecule has 3 rings (SSSR count). The summed E-state index contributed by atoms with van der Waals surface area (Å²) in [5.74, 6) is 0.442. The first-order valence-electron chi connectivity index (χ1n) is 11.1. The smallest absolute Gasteiger partial charge is 0.0267 e. The molecule has 1 nitrogen and oxygen atoms in total. The maximum Gasteiger partial charge on any atom is 0.0267 e. The molecule has 1 unspecified atom stereocenters. The van der Waals surface area contributed by atoms with Crippen LogP contribution in [0.1, 0.15) is 49.3 Å². The summed E-state index contributed by atoms with van der Waals surface area (Å²) in [5, 5.41) is 0. The van der Waals surface area contributed by atoms with Crippen molar-refractivity contribution in [3.05, 3.63) is 108 Å². The summed E-state index contributed by atoms with van der Waals surface area (Å²) >= 11 is 0. The molecule has 0 aliphatic rings. The molecule has 3 aromatic rings. The highest BCUT2D eigenvalue weighted by molar-refractivity contribution is 5.85. The Hall–Kier alpha value is -2.09. The summed E-state index contributed by atoms with van der Waals surface area (Å²) < 4.78 is 0. The lowest BCUT2D eigenvalue weighted by Crippen LogP contribution is -2.52. The Morgan fingerprint density at radius 2 is 1.10 bits per heavy atom. The summed E-state index contributed by atoms with van der Waals surface area (Å²) in [5.41, 5.74) is 11.1. The normalized spacial score (nSPS) is 12.2. The van der Waals surface area contributed by atoms with Gasteiger partial charge in [0, 0.05) is 5.54 Å². The van der Waals surface area contributed by atoms with Gasteiger partial charge in [-0.3, -0.25) is 0 Å². The van der Waals surface area contributed by atoms with E-state index in [1.807, 2.05) is 0 Å². The van der Waals surface area contributed by atoms with Crippen molar-refractivity contribution in [2.45, 2.75) is 57.4 Å². The Kier molecular flexibility index (Phi) is 10.1. The van der Waals surface area contributed by atoms with Gasteiger partial charge in [-0.2, -0.15) is 0 Å². The third-order valence-electron chi connectivity index (χ3n) is 6.05. The highest BCUT2D eigenvalue weighted by Gasteiger charge is 2.35. The van der Waals surface area contributed by atoms with Crippen molar-refractivity contribution in [1.82, 2.24) is 0 Å². The first-order chi connectivity index (χ1) is 14.2. The Morgan fingerprint density at radius 3 is 1.53 bits per heavy atom. The molecule has 3 aromatic carbocycles. The van der Waals surface area contributed by atoms with Crippen LogP contribution >= 0.6 is 12.4 Å². The lowest BCUT2D eigenvalue weighted by molar-refractivity contribution is 0.241. The fourth-order valence-electron chi connectivity index (χ4n) is 4.44. The molecule has 2 N–H and O–H groups in total. The van der Waals surface area contributed by atoms with Crippen LogP contribution in [0.5, 0.6) is 0 Å². The average molecular weight is 422 g/mol. The molecule has 0 aromatic heterocycles. The van der Waals surface area contributed by atoms with Gasteiger partial charge < -0.3 is 5.73 Å². The van der Waals surface area contributed by atoms with Gasteiger partial charge in [-0.1, -0.05) is 117 Å². The molecule has 0 heterocycles. The minimum absolute atomic E-state index is 0. The Balaban J connectivity index is 0.00000320. The number of halogens is 1. The minimum atomic E-state index is -0.272. The fraction of sp³-hybridized carbons (Fsp3) is 0.357. The first kappa shape index (κ1) is 24.2. The van der Waals surface area contributed by atoms with Gasteiger partial charge in [0.1, 0.15) is 0 Å². The number of benzene rings is 3. The summed E-state index contributed by atoms with van der Waals surface area (Å²) in [7, 11) is 0. The van der Waals surface area contributed by atoms with Gasteiger partial charge in [-0.15, -0.1) is 12.4 Å². The van der Waals surface area contributed by atoms with Crippen molar-refractivity contribution >= 4 is 12.4 Å². The summed E-state index contributed by atoms with van der Waals surface area (Å²) in [6.07, 6.45) is 7.81. The molecule has 2 heteroatoms. The Labute approximate surface area is 189 Å². The van der Waals surface area contributed by atoms with Crippen LogP contribution in [0, 0.1) is 5.92 Å². The third kappa shape index (κ3) is 7.31. The first-order valence-corrected chi connectivity index (χ1v) is 11.1. The predicted molar refractivity (Wildman–Crippen MR) is 132 cm³/mol. The zero-order valence-corrected chi connectivity index (χ0v) is 19.0. The Morgan fingerprint density at radius 1 is 0.667 bits per heavy atom. The van der Waals surface area contributed by atoms with Crippen LogP contribution in [0.3, 0.4) is 0 Å². The molecule has 0 radical (unpaired) electrons. The summed E-state index contributed by atoms with van der Waals surface area (Å²) in [6.45, 7) is 2.27. The van der Waals surface area contributed by atoms with Crippen molar-refractivity contribution in [2.24, 2.45) is 11.7 Å². The van der Waals surface area contributed by atoms with Crippen LogP contribution in [-0.2, 0) is 19.3 Å². The summed E-state index contributed by atoms with van der Waals surface area (Å²) in [6, 6.07) is 32.4. The van der Waals surface area contributed by atoms with Crippen molar-refractivity contribution in [2.75, 3.05) is 0 Å². The van der Waals surface area contributed by atoms with E-state index in [-0.39, 0.29) is 17.9 Å². The zero-order valence-electron chi connectivity index (χ0n) is 18.2. The highest BCUT2D eigenvalue weighted by Crippen LogP contribution is 2.32. The topological polar surface area (TPSA) is 26.0 Å². The zero-order chi connectivity index (χ0) is 20.4. The van der Waals surface area contributed by atoms with Crippen LogP contribution in [-0.4, -0.2) is 5.54 Å². The van der Waals surface area contributed by atoms with Crippen LogP contribution in [0.15, 0.2) is 91.0 Å². The third-order valence-corrected chi connectivity index (χ3v) is 6.05. The van der Waals surface area contributed by atoms with Gasteiger partial charge in [-0.25, -0.2) is 0 Å². The van der Waals surface area contributed by atoms with Gasteiger partial charge >= 0.3 is 0 Å². The number of rotatable bonds is 11. The summed E-state index contributed by atoms with van der Waals surface area (Å²) in [4.78, 5) is 0. The molecule has 0 fully saturated rings. The van der Waals surface area contributed by atoms with Crippen molar-refractivity contribution in [1.29, 1.82) is 0 Å². The fourth-order valence-corrected chi connectivity index (χ4v) is 4.44. The molecule has 160 valence electrons. The van der Waals surface area contributed by atoms with Gasteiger partial charge in [0.25, 0.3) is 0 Å². The second kappa shape index (κ2) is 12.6. The van der Waals surface area contributed by atoms with Crippen molar-refractivity contribution in [3.63, 3.8) is 0 Å². The van der Waals surface area contributed by atoms with E-state index in [1.54, 1.807) is 0 Å². The SMILES string of the molecule is CCCCCC(Cc1ccccc1)C(N)(Cc1ccccc1)Cc1ccccc1.Cl. The second-order valence-electron chi connectivity index (χ2n) is 8.44. The highest BCUT2D eigenvalue weighted by atomic mass is 35.5. The number of hydrogen-bond acceptors (Lipinski definition) is 1. The number of unbranched alkanes of at least 4 members (excludes halogenated alkanes) is 2. The molecular formula is C28H36ClN.